The molecule has 1 saturated heterocycles. The van der Waals surface area contributed by atoms with Gasteiger partial charge in [0.2, 0.25) is 5.91 Å². The standard InChI is InChI=1S/C27H29N3O4/c1-34-24-7-3-2-6-22(24)20-10-8-19(9-11-20)17-23(25(31)32)30-26(33)27(12-15-28-16-13-27)21-5-4-14-29-18-21/h2-11,14,18,23,28H,12-13,15-17H2,1H3,(H,30,33)(H,31,32)/t23-/m0/s1. The largest absolute Gasteiger partial charge is 0.496 e. The summed E-state index contributed by atoms with van der Waals surface area (Å²) in [7, 11) is 1.63. The van der Waals surface area contributed by atoms with E-state index >= 15 is 0 Å². The molecule has 0 unspecified atom stereocenters. The number of amides is 1. The van der Waals surface area contributed by atoms with Crippen molar-refractivity contribution in [2.24, 2.45) is 0 Å². The lowest BCUT2D eigenvalue weighted by Crippen LogP contribution is -2.55. The van der Waals surface area contributed by atoms with Crippen molar-refractivity contribution < 1.29 is 19.4 Å². The molecule has 0 aliphatic carbocycles. The second kappa shape index (κ2) is 10.5. The molecule has 0 bridgehead atoms. The van der Waals surface area contributed by atoms with Gasteiger partial charge in [-0.25, -0.2) is 4.79 Å². The minimum atomic E-state index is -1.06. The number of nitrogens with one attached hydrogen (secondary N) is 2. The Morgan fingerprint density at radius 1 is 1.09 bits per heavy atom. The molecule has 1 aliphatic rings. The van der Waals surface area contributed by atoms with Crippen molar-refractivity contribution in [2.75, 3.05) is 20.2 Å². The summed E-state index contributed by atoms with van der Waals surface area (Å²) in [6, 6.07) is 18.1. The van der Waals surface area contributed by atoms with Crippen LogP contribution in [0.2, 0.25) is 0 Å². The molecule has 0 saturated carbocycles. The highest BCUT2D eigenvalue weighted by Gasteiger charge is 2.42. The van der Waals surface area contributed by atoms with Crippen LogP contribution in [0, 0.1) is 0 Å². The number of hydrogen-bond donors (Lipinski definition) is 3. The van der Waals surface area contributed by atoms with Gasteiger partial charge in [-0.2, -0.15) is 0 Å². The van der Waals surface area contributed by atoms with E-state index in [4.69, 9.17) is 4.74 Å². The third-order valence-electron chi connectivity index (χ3n) is 6.52. The summed E-state index contributed by atoms with van der Waals surface area (Å²) in [6.07, 6.45) is 4.74. The number of carboxylic acids is 1. The Morgan fingerprint density at radius 2 is 1.82 bits per heavy atom. The number of methoxy groups -OCH3 is 1. The van der Waals surface area contributed by atoms with Crippen molar-refractivity contribution in [1.29, 1.82) is 0 Å². The number of carbonyl (C=O) groups excluding carboxylic acids is 1. The molecule has 3 N–H and O–H groups in total. The number of piperidine rings is 1. The Morgan fingerprint density at radius 3 is 2.47 bits per heavy atom. The molecule has 176 valence electrons. The first kappa shape index (κ1) is 23.4. The Hall–Kier alpha value is -3.71. The summed E-state index contributed by atoms with van der Waals surface area (Å²) in [5, 5.41) is 16.0. The molecule has 0 spiro atoms. The number of benzene rings is 2. The number of ether oxygens (including phenoxy) is 1. The van der Waals surface area contributed by atoms with Crippen LogP contribution in [0.15, 0.2) is 73.1 Å². The van der Waals surface area contributed by atoms with E-state index in [0.29, 0.717) is 25.9 Å². The zero-order valence-electron chi connectivity index (χ0n) is 19.2. The summed E-state index contributed by atoms with van der Waals surface area (Å²) in [4.78, 5) is 29.8. The Labute approximate surface area is 199 Å². The van der Waals surface area contributed by atoms with Crippen LogP contribution in [0.25, 0.3) is 11.1 Å². The molecule has 1 aromatic heterocycles. The zero-order chi connectivity index (χ0) is 24.0. The third-order valence-corrected chi connectivity index (χ3v) is 6.52. The molecule has 34 heavy (non-hydrogen) atoms. The molecule has 7 heteroatoms. The molecule has 3 aromatic rings. The van der Waals surface area contributed by atoms with E-state index < -0.39 is 17.4 Å². The minimum absolute atomic E-state index is 0.189. The van der Waals surface area contributed by atoms with E-state index in [1.807, 2.05) is 60.7 Å². The molecule has 7 nitrogen and oxygen atoms in total. The SMILES string of the molecule is COc1ccccc1-c1ccc(C[C@H](NC(=O)C2(c3cccnc3)CCNCC2)C(=O)O)cc1. The monoisotopic (exact) mass is 459 g/mol. The number of hydrogen-bond acceptors (Lipinski definition) is 5. The summed E-state index contributed by atoms with van der Waals surface area (Å²) in [5.74, 6) is -0.550. The van der Waals surface area contributed by atoms with Gasteiger partial charge < -0.3 is 20.5 Å². The van der Waals surface area contributed by atoms with Crippen LogP contribution in [0.4, 0.5) is 0 Å². The van der Waals surface area contributed by atoms with Gasteiger partial charge >= 0.3 is 5.97 Å². The van der Waals surface area contributed by atoms with Gasteiger partial charge in [-0.1, -0.05) is 48.5 Å². The average Bonchev–Trinajstić information content (AvgIpc) is 2.89. The fraction of sp³-hybridized carbons (Fsp3) is 0.296. The van der Waals surface area contributed by atoms with Gasteiger partial charge in [0.05, 0.1) is 12.5 Å². The number of nitrogens with zero attached hydrogens (tertiary/aromatic N) is 1. The lowest BCUT2D eigenvalue weighted by Gasteiger charge is -2.37. The van der Waals surface area contributed by atoms with Gasteiger partial charge in [0.25, 0.3) is 0 Å². The van der Waals surface area contributed by atoms with Crippen molar-refractivity contribution in [3.63, 3.8) is 0 Å². The first-order valence-corrected chi connectivity index (χ1v) is 11.4. The van der Waals surface area contributed by atoms with Crippen LogP contribution >= 0.6 is 0 Å². The average molecular weight is 460 g/mol. The quantitative estimate of drug-likeness (QED) is 0.478. The zero-order valence-corrected chi connectivity index (χ0v) is 19.2. The summed E-state index contributed by atoms with van der Waals surface area (Å²) in [5.41, 5.74) is 2.79. The van der Waals surface area contributed by atoms with E-state index in [1.54, 1.807) is 19.5 Å². The van der Waals surface area contributed by atoms with Gasteiger partial charge in [0, 0.05) is 24.4 Å². The van der Waals surface area contributed by atoms with E-state index in [1.165, 1.54) is 0 Å². The van der Waals surface area contributed by atoms with Gasteiger partial charge in [0.15, 0.2) is 0 Å². The third kappa shape index (κ3) is 4.94. The van der Waals surface area contributed by atoms with Crippen LogP contribution < -0.4 is 15.4 Å². The highest BCUT2D eigenvalue weighted by atomic mass is 16.5. The van der Waals surface area contributed by atoms with Crippen LogP contribution in [-0.4, -0.2) is 48.2 Å². The summed E-state index contributed by atoms with van der Waals surface area (Å²) >= 11 is 0. The number of carbonyl (C=O) groups is 2. The minimum Gasteiger partial charge on any atom is -0.496 e. The molecule has 1 atom stereocenters. The first-order chi connectivity index (χ1) is 16.5. The molecule has 2 aromatic carbocycles. The first-order valence-electron chi connectivity index (χ1n) is 11.4. The predicted molar refractivity (Wildman–Crippen MR) is 130 cm³/mol. The van der Waals surface area contributed by atoms with Gasteiger partial charge in [-0.05, 0) is 54.8 Å². The highest BCUT2D eigenvalue weighted by Crippen LogP contribution is 2.34. The topological polar surface area (TPSA) is 101 Å². The van der Waals surface area contributed by atoms with Gasteiger partial charge in [0.1, 0.15) is 11.8 Å². The van der Waals surface area contributed by atoms with E-state index in [9.17, 15) is 14.7 Å². The maximum absolute atomic E-state index is 13.5. The number of rotatable bonds is 8. The molecular weight excluding hydrogens is 430 g/mol. The van der Waals surface area contributed by atoms with Gasteiger partial charge in [-0.3, -0.25) is 9.78 Å². The maximum Gasteiger partial charge on any atom is 0.326 e. The fourth-order valence-electron chi connectivity index (χ4n) is 4.58. The Kier molecular flexibility index (Phi) is 7.23. The Balaban J connectivity index is 1.52. The number of pyridine rings is 1. The van der Waals surface area contributed by atoms with Crippen molar-refractivity contribution in [3.8, 4) is 16.9 Å². The maximum atomic E-state index is 13.5. The smallest absolute Gasteiger partial charge is 0.326 e. The molecule has 1 aliphatic heterocycles. The molecule has 1 amide bonds. The van der Waals surface area contributed by atoms with Crippen molar-refractivity contribution in [2.45, 2.75) is 30.7 Å². The Bertz CT molecular complexity index is 1130. The van der Waals surface area contributed by atoms with E-state index in [2.05, 4.69) is 15.6 Å². The van der Waals surface area contributed by atoms with Crippen molar-refractivity contribution in [1.82, 2.24) is 15.6 Å². The highest BCUT2D eigenvalue weighted by molar-refractivity contribution is 5.91. The number of carboxylic acid groups (broad SMARTS) is 1. The molecule has 2 heterocycles. The molecule has 4 rings (SSSR count). The van der Waals surface area contributed by atoms with Crippen LogP contribution in [-0.2, 0) is 21.4 Å². The number of aromatic nitrogens is 1. The van der Waals surface area contributed by atoms with Crippen LogP contribution in [0.1, 0.15) is 24.0 Å². The molecule has 0 radical (unpaired) electrons. The van der Waals surface area contributed by atoms with Gasteiger partial charge in [-0.15, -0.1) is 0 Å². The second-order valence-corrected chi connectivity index (χ2v) is 8.54. The lowest BCUT2D eigenvalue weighted by atomic mass is 9.72. The van der Waals surface area contributed by atoms with E-state index in [-0.39, 0.29) is 12.3 Å². The van der Waals surface area contributed by atoms with E-state index in [0.717, 1.165) is 28.0 Å². The molecular formula is C27H29N3O4. The number of para-hydroxylation sites is 1. The summed E-state index contributed by atoms with van der Waals surface area (Å²) < 4.78 is 5.44. The fourth-order valence-corrected chi connectivity index (χ4v) is 4.58. The van der Waals surface area contributed by atoms with Crippen molar-refractivity contribution >= 4 is 11.9 Å². The number of aliphatic carboxylic acids is 1. The normalized spacial score (nSPS) is 15.8. The van der Waals surface area contributed by atoms with Crippen LogP contribution in [0.5, 0.6) is 5.75 Å². The molecule has 1 fully saturated rings. The van der Waals surface area contributed by atoms with Crippen LogP contribution in [0.3, 0.4) is 0 Å². The second-order valence-electron chi connectivity index (χ2n) is 8.54. The predicted octanol–water partition coefficient (Wildman–Crippen LogP) is 3.19. The summed E-state index contributed by atoms with van der Waals surface area (Å²) in [6.45, 7) is 1.37. The lowest BCUT2D eigenvalue weighted by molar-refractivity contribution is -0.143. The van der Waals surface area contributed by atoms with Crippen molar-refractivity contribution in [3.05, 3.63) is 84.2 Å².